The number of anilines is 2. The molecule has 0 aliphatic rings. The molecule has 2 N–H and O–H groups in total. The first-order valence-corrected chi connectivity index (χ1v) is 11.6. The van der Waals surface area contributed by atoms with Gasteiger partial charge in [0.05, 0.1) is 22.9 Å². The summed E-state index contributed by atoms with van der Waals surface area (Å²) < 4.78 is 52.0. The molecule has 6 nitrogen and oxygen atoms in total. The molecule has 0 saturated carbocycles. The van der Waals surface area contributed by atoms with Crippen LogP contribution in [0.4, 0.5) is 11.4 Å². The number of nitrogens with one attached hydrogen (secondary N) is 2. The van der Waals surface area contributed by atoms with Gasteiger partial charge in [-0.2, -0.15) is 0 Å². The van der Waals surface area contributed by atoms with Gasteiger partial charge in [0, 0.05) is 0 Å². The van der Waals surface area contributed by atoms with E-state index in [0.29, 0.717) is 11.4 Å². The Morgan fingerprint density at radius 3 is 1.31 bits per heavy atom. The molecule has 2 aromatic rings. The van der Waals surface area contributed by atoms with Crippen molar-refractivity contribution in [3.05, 3.63) is 47.5 Å². The molecular weight excluding hydrogens is 372 g/mol. The molecule has 0 bridgehead atoms. The summed E-state index contributed by atoms with van der Waals surface area (Å²) in [5, 5.41) is 0. The Bertz CT molecular complexity index is 930. The Labute approximate surface area is 155 Å². The lowest BCUT2D eigenvalue weighted by atomic mass is 10.0. The summed E-state index contributed by atoms with van der Waals surface area (Å²) in [5.41, 5.74) is 4.59. The van der Waals surface area contributed by atoms with Crippen molar-refractivity contribution in [2.45, 2.75) is 27.7 Å². The second kappa shape index (κ2) is 7.67. The van der Waals surface area contributed by atoms with Gasteiger partial charge in [-0.15, -0.1) is 0 Å². The maximum absolute atomic E-state index is 11.7. The van der Waals surface area contributed by atoms with E-state index < -0.39 is 20.0 Å². The predicted octanol–water partition coefficient (Wildman–Crippen LogP) is 3.49. The first-order valence-electron chi connectivity index (χ1n) is 8.29. The van der Waals surface area contributed by atoms with E-state index in [1.807, 2.05) is 38.1 Å². The van der Waals surface area contributed by atoms with Crippen LogP contribution in [0.5, 0.6) is 0 Å². The Morgan fingerprint density at radius 1 is 0.692 bits per heavy atom. The zero-order valence-corrected chi connectivity index (χ0v) is 17.0. The summed E-state index contributed by atoms with van der Waals surface area (Å²) in [6, 6.07) is 11.0. The van der Waals surface area contributed by atoms with Gasteiger partial charge in [0.1, 0.15) is 0 Å². The van der Waals surface area contributed by atoms with Gasteiger partial charge in [0.2, 0.25) is 20.0 Å². The van der Waals surface area contributed by atoms with Crippen LogP contribution in [0.3, 0.4) is 0 Å². The molecule has 0 aliphatic heterocycles. The monoisotopic (exact) mass is 396 g/mol. The van der Waals surface area contributed by atoms with Crippen molar-refractivity contribution < 1.29 is 16.8 Å². The molecule has 2 rings (SSSR count). The molecule has 0 atom stereocenters. The van der Waals surface area contributed by atoms with Crippen LogP contribution < -0.4 is 9.44 Å². The Hall–Kier alpha value is -2.06. The van der Waals surface area contributed by atoms with Gasteiger partial charge < -0.3 is 0 Å². The van der Waals surface area contributed by atoms with Gasteiger partial charge in [-0.05, 0) is 74.2 Å². The summed E-state index contributed by atoms with van der Waals surface area (Å²) in [7, 11) is -6.64. The molecule has 0 aromatic heterocycles. The Kier molecular flexibility index (Phi) is 5.98. The summed E-state index contributed by atoms with van der Waals surface area (Å²) in [4.78, 5) is 0. The third kappa shape index (κ3) is 4.98. The highest BCUT2D eigenvalue weighted by Crippen LogP contribution is 2.28. The van der Waals surface area contributed by atoms with Crippen molar-refractivity contribution in [2.24, 2.45) is 0 Å². The minimum atomic E-state index is -3.32. The third-order valence-electron chi connectivity index (χ3n) is 4.08. The van der Waals surface area contributed by atoms with Crippen molar-refractivity contribution in [2.75, 3.05) is 20.9 Å². The highest BCUT2D eigenvalue weighted by atomic mass is 32.2. The summed E-state index contributed by atoms with van der Waals surface area (Å²) in [6.45, 7) is 6.85. The molecule has 0 fully saturated rings. The average molecular weight is 397 g/mol. The van der Waals surface area contributed by atoms with E-state index in [2.05, 4.69) is 9.44 Å². The highest BCUT2D eigenvalue weighted by Gasteiger charge is 2.12. The Morgan fingerprint density at radius 2 is 1.04 bits per heavy atom. The first-order chi connectivity index (χ1) is 12.1. The van der Waals surface area contributed by atoms with E-state index in [-0.39, 0.29) is 11.5 Å². The van der Waals surface area contributed by atoms with Gasteiger partial charge in [0.25, 0.3) is 0 Å². The predicted molar refractivity (Wildman–Crippen MR) is 108 cm³/mol. The smallest absolute Gasteiger partial charge is 0.232 e. The maximum atomic E-state index is 11.7. The molecule has 0 aliphatic carbocycles. The summed E-state index contributed by atoms with van der Waals surface area (Å²) in [5.74, 6) is 0.0328. The van der Waals surface area contributed by atoms with E-state index >= 15 is 0 Å². The number of hydrogen-bond acceptors (Lipinski definition) is 4. The molecule has 0 radical (unpaired) electrons. The van der Waals surface area contributed by atoms with Crippen molar-refractivity contribution in [3.63, 3.8) is 0 Å². The van der Waals surface area contributed by atoms with Crippen molar-refractivity contribution in [3.8, 4) is 11.1 Å². The Balaban J connectivity index is 2.32. The molecule has 8 heteroatoms. The molecule has 2 aromatic carbocycles. The molecule has 0 saturated heterocycles. The molecule has 142 valence electrons. The van der Waals surface area contributed by atoms with Crippen LogP contribution >= 0.6 is 0 Å². The van der Waals surface area contributed by atoms with Crippen LogP contribution in [0.15, 0.2) is 36.4 Å². The van der Waals surface area contributed by atoms with E-state index in [0.717, 1.165) is 22.3 Å². The first kappa shape index (κ1) is 20.3. The minimum absolute atomic E-state index is 0.0164. The fourth-order valence-electron chi connectivity index (χ4n) is 2.39. The molecular formula is C18H24N2O4S2. The largest absolute Gasteiger partial charge is 0.283 e. The quantitative estimate of drug-likeness (QED) is 0.749. The highest BCUT2D eigenvalue weighted by molar-refractivity contribution is 7.92. The third-order valence-corrected chi connectivity index (χ3v) is 6.66. The van der Waals surface area contributed by atoms with E-state index in [1.54, 1.807) is 26.0 Å². The van der Waals surface area contributed by atoms with Crippen molar-refractivity contribution in [1.29, 1.82) is 0 Å². The standard InChI is InChI=1S/C18H24N2O4S2/c1-5-25(21,22)19-17-9-7-15(11-13(17)3)16-8-10-18(14(4)12-16)20-26(23,24)6-2/h7-12,19-20H,5-6H2,1-4H3. The fourth-order valence-corrected chi connectivity index (χ4v) is 3.81. The fraction of sp³-hybridized carbons (Fsp3) is 0.333. The molecule has 0 spiro atoms. The molecule has 0 unspecified atom stereocenters. The summed E-state index contributed by atoms with van der Waals surface area (Å²) >= 11 is 0. The van der Waals surface area contributed by atoms with Crippen LogP contribution in [0.25, 0.3) is 11.1 Å². The lowest BCUT2D eigenvalue weighted by molar-refractivity contribution is 0.600. The van der Waals surface area contributed by atoms with E-state index in [1.165, 1.54) is 0 Å². The van der Waals surface area contributed by atoms with Crippen LogP contribution in [0.2, 0.25) is 0 Å². The van der Waals surface area contributed by atoms with E-state index in [4.69, 9.17) is 0 Å². The number of rotatable bonds is 7. The van der Waals surface area contributed by atoms with E-state index in [9.17, 15) is 16.8 Å². The molecule has 0 amide bonds. The zero-order valence-electron chi connectivity index (χ0n) is 15.3. The molecule has 26 heavy (non-hydrogen) atoms. The maximum Gasteiger partial charge on any atom is 0.232 e. The van der Waals surface area contributed by atoms with Crippen LogP contribution in [0.1, 0.15) is 25.0 Å². The van der Waals surface area contributed by atoms with Crippen molar-refractivity contribution >= 4 is 31.4 Å². The number of hydrogen-bond donors (Lipinski definition) is 2. The average Bonchev–Trinajstić information content (AvgIpc) is 2.58. The van der Waals surface area contributed by atoms with Crippen LogP contribution in [0, 0.1) is 13.8 Å². The number of aryl methyl sites for hydroxylation is 2. The minimum Gasteiger partial charge on any atom is -0.283 e. The normalized spacial score (nSPS) is 12.0. The van der Waals surface area contributed by atoms with Gasteiger partial charge in [-0.1, -0.05) is 12.1 Å². The van der Waals surface area contributed by atoms with Gasteiger partial charge in [-0.25, -0.2) is 16.8 Å². The van der Waals surface area contributed by atoms with Crippen molar-refractivity contribution in [1.82, 2.24) is 0 Å². The van der Waals surface area contributed by atoms with Gasteiger partial charge in [0.15, 0.2) is 0 Å². The second-order valence-corrected chi connectivity index (χ2v) is 10.1. The second-order valence-electron chi connectivity index (χ2n) is 6.07. The molecule has 0 heterocycles. The van der Waals surface area contributed by atoms with Gasteiger partial charge >= 0.3 is 0 Å². The summed E-state index contributed by atoms with van der Waals surface area (Å²) in [6.07, 6.45) is 0. The van der Waals surface area contributed by atoms with Gasteiger partial charge in [-0.3, -0.25) is 9.44 Å². The lowest BCUT2D eigenvalue weighted by Crippen LogP contribution is -2.15. The lowest BCUT2D eigenvalue weighted by Gasteiger charge is -2.13. The number of benzene rings is 2. The zero-order chi connectivity index (χ0) is 19.5. The van der Waals surface area contributed by atoms with Crippen LogP contribution in [-0.2, 0) is 20.0 Å². The number of sulfonamides is 2. The van der Waals surface area contributed by atoms with Crippen LogP contribution in [-0.4, -0.2) is 28.3 Å². The SMILES string of the molecule is CCS(=O)(=O)Nc1ccc(-c2ccc(NS(=O)(=O)CC)c(C)c2)cc1C. The topological polar surface area (TPSA) is 92.3 Å².